The van der Waals surface area contributed by atoms with Crippen molar-refractivity contribution in [2.45, 2.75) is 13.8 Å². The highest BCUT2D eigenvalue weighted by Gasteiger charge is 2.21. The van der Waals surface area contributed by atoms with Gasteiger partial charge in [0.15, 0.2) is 0 Å². The number of benzene rings is 2. The molecule has 2 aromatic carbocycles. The maximum absolute atomic E-state index is 13.1. The van der Waals surface area contributed by atoms with Crippen LogP contribution in [0.15, 0.2) is 46.9 Å². The summed E-state index contributed by atoms with van der Waals surface area (Å²) in [6.07, 6.45) is 0. The van der Waals surface area contributed by atoms with Gasteiger partial charge in [-0.2, -0.15) is 0 Å². The van der Waals surface area contributed by atoms with E-state index in [1.807, 2.05) is 19.1 Å². The van der Waals surface area contributed by atoms with Gasteiger partial charge in [-0.25, -0.2) is 14.1 Å². The van der Waals surface area contributed by atoms with Gasteiger partial charge in [-0.05, 0) is 61.9 Å². The van der Waals surface area contributed by atoms with Gasteiger partial charge >= 0.3 is 0 Å². The number of nitrogens with zero attached hydrogens (tertiary/aromatic N) is 4. The summed E-state index contributed by atoms with van der Waals surface area (Å²) in [4.78, 5) is 30.4. The molecule has 7 nitrogen and oxygen atoms in total. The number of likely N-dealkylation sites (N-methyl/N-ethyl adjacent to an activating group) is 1. The van der Waals surface area contributed by atoms with Gasteiger partial charge in [0.05, 0.1) is 12.2 Å². The van der Waals surface area contributed by atoms with E-state index in [1.165, 1.54) is 28.8 Å². The Morgan fingerprint density at radius 1 is 1.17 bits per heavy atom. The molecule has 0 spiro atoms. The number of aromatic nitrogens is 3. The lowest BCUT2D eigenvalue weighted by Gasteiger charge is -2.16. The van der Waals surface area contributed by atoms with Crippen molar-refractivity contribution in [2.75, 3.05) is 18.9 Å². The number of aryl methyl sites for hydroxylation is 2. The Hall–Kier alpha value is -3.07. The molecule has 0 aliphatic heterocycles. The SMILES string of the molecule is Cc1cc(Br)ccc1NC(=O)CN(C)C(=O)c1nc(C)n(-c2ccc(F)cc2)n1. The van der Waals surface area contributed by atoms with Gasteiger partial charge < -0.3 is 10.2 Å². The Morgan fingerprint density at radius 3 is 2.52 bits per heavy atom. The molecule has 0 saturated heterocycles. The molecule has 0 atom stereocenters. The average Bonchev–Trinajstić information content (AvgIpc) is 3.05. The highest BCUT2D eigenvalue weighted by atomic mass is 79.9. The number of rotatable bonds is 5. The molecular formula is C20H19BrFN5O2. The van der Waals surface area contributed by atoms with Gasteiger partial charge in [-0.3, -0.25) is 9.59 Å². The second-order valence-electron chi connectivity index (χ2n) is 6.54. The van der Waals surface area contributed by atoms with Crippen molar-refractivity contribution in [3.05, 3.63) is 70.0 Å². The Morgan fingerprint density at radius 2 is 1.86 bits per heavy atom. The maximum Gasteiger partial charge on any atom is 0.293 e. The molecule has 0 aliphatic rings. The summed E-state index contributed by atoms with van der Waals surface area (Å²) in [5.74, 6) is -0.752. The Bertz CT molecular complexity index is 1070. The standard InChI is InChI=1S/C20H19BrFN5O2/c1-12-10-14(21)4-9-17(12)24-18(28)11-26(3)20(29)19-23-13(2)27(25-19)16-7-5-15(22)6-8-16/h4-10H,11H2,1-3H3,(H,24,28). The number of amides is 2. The number of hydrogen-bond donors (Lipinski definition) is 1. The molecule has 3 rings (SSSR count). The van der Waals surface area contributed by atoms with Crippen LogP contribution in [0, 0.1) is 19.7 Å². The molecule has 150 valence electrons. The first-order valence-corrected chi connectivity index (χ1v) is 9.55. The fourth-order valence-corrected chi connectivity index (χ4v) is 3.20. The van der Waals surface area contributed by atoms with Crippen LogP contribution in [0.5, 0.6) is 0 Å². The quantitative estimate of drug-likeness (QED) is 0.632. The molecule has 0 aliphatic carbocycles. The molecule has 1 aromatic heterocycles. The van der Waals surface area contributed by atoms with E-state index in [0.717, 1.165) is 10.0 Å². The third-order valence-electron chi connectivity index (χ3n) is 4.22. The summed E-state index contributed by atoms with van der Waals surface area (Å²) in [5, 5.41) is 6.99. The van der Waals surface area contributed by atoms with Crippen LogP contribution >= 0.6 is 15.9 Å². The molecule has 3 aromatic rings. The molecule has 1 N–H and O–H groups in total. The fourth-order valence-electron chi connectivity index (χ4n) is 2.72. The minimum absolute atomic E-state index is 0.0399. The van der Waals surface area contributed by atoms with Crippen LogP contribution in [0.1, 0.15) is 22.0 Å². The first kappa shape index (κ1) is 20.7. The number of halogens is 2. The van der Waals surface area contributed by atoms with Crippen molar-refractivity contribution in [3.8, 4) is 5.69 Å². The summed E-state index contributed by atoms with van der Waals surface area (Å²) in [7, 11) is 1.50. The van der Waals surface area contributed by atoms with Crippen molar-refractivity contribution < 1.29 is 14.0 Å². The second kappa shape index (κ2) is 8.52. The monoisotopic (exact) mass is 459 g/mol. The highest BCUT2D eigenvalue weighted by molar-refractivity contribution is 9.10. The van der Waals surface area contributed by atoms with E-state index in [4.69, 9.17) is 0 Å². The smallest absolute Gasteiger partial charge is 0.293 e. The third-order valence-corrected chi connectivity index (χ3v) is 4.71. The minimum Gasteiger partial charge on any atom is -0.330 e. The molecule has 0 bridgehead atoms. The van der Waals surface area contributed by atoms with Crippen LogP contribution in [0.25, 0.3) is 5.69 Å². The molecule has 0 fully saturated rings. The zero-order valence-electron chi connectivity index (χ0n) is 16.1. The molecule has 0 unspecified atom stereocenters. The zero-order valence-corrected chi connectivity index (χ0v) is 17.7. The Kier molecular flexibility index (Phi) is 6.07. The largest absolute Gasteiger partial charge is 0.330 e. The topological polar surface area (TPSA) is 80.1 Å². The summed E-state index contributed by atoms with van der Waals surface area (Å²) >= 11 is 3.38. The summed E-state index contributed by atoms with van der Waals surface area (Å²) in [5.41, 5.74) is 2.16. The van der Waals surface area contributed by atoms with Crippen LogP contribution in [-0.4, -0.2) is 45.1 Å². The molecule has 0 saturated carbocycles. The number of carbonyl (C=O) groups excluding carboxylic acids is 2. The Balaban J connectivity index is 1.69. The van der Waals surface area contributed by atoms with Gasteiger partial charge in [0, 0.05) is 17.2 Å². The van der Waals surface area contributed by atoms with E-state index >= 15 is 0 Å². The van der Waals surface area contributed by atoms with Gasteiger partial charge in [-0.15, -0.1) is 5.10 Å². The second-order valence-corrected chi connectivity index (χ2v) is 7.46. The zero-order chi connectivity index (χ0) is 21.1. The Labute approximate surface area is 175 Å². The molecular weight excluding hydrogens is 441 g/mol. The van der Waals surface area contributed by atoms with Crippen LogP contribution in [0.4, 0.5) is 10.1 Å². The number of anilines is 1. The van der Waals surface area contributed by atoms with E-state index in [-0.39, 0.29) is 24.1 Å². The lowest BCUT2D eigenvalue weighted by molar-refractivity contribution is -0.116. The van der Waals surface area contributed by atoms with Crippen LogP contribution in [0.2, 0.25) is 0 Å². The molecule has 1 heterocycles. The van der Waals surface area contributed by atoms with Crippen molar-refractivity contribution in [1.29, 1.82) is 0 Å². The van der Waals surface area contributed by atoms with Crippen LogP contribution < -0.4 is 5.32 Å². The molecule has 29 heavy (non-hydrogen) atoms. The van der Waals surface area contributed by atoms with Crippen LogP contribution in [-0.2, 0) is 4.79 Å². The van der Waals surface area contributed by atoms with Crippen LogP contribution in [0.3, 0.4) is 0 Å². The first-order chi connectivity index (χ1) is 13.7. The minimum atomic E-state index is -0.489. The van der Waals surface area contributed by atoms with Crippen molar-refractivity contribution in [3.63, 3.8) is 0 Å². The summed E-state index contributed by atoms with van der Waals surface area (Å²) in [6.45, 7) is 3.42. The number of carbonyl (C=O) groups is 2. The predicted octanol–water partition coefficient (Wildman–Crippen LogP) is 3.50. The van der Waals surface area contributed by atoms with Crippen molar-refractivity contribution >= 4 is 33.4 Å². The van der Waals surface area contributed by atoms with Crippen molar-refractivity contribution in [2.24, 2.45) is 0 Å². The predicted molar refractivity (Wildman–Crippen MR) is 111 cm³/mol. The average molecular weight is 460 g/mol. The number of hydrogen-bond acceptors (Lipinski definition) is 4. The van der Waals surface area contributed by atoms with Gasteiger partial charge in [-0.1, -0.05) is 15.9 Å². The first-order valence-electron chi connectivity index (χ1n) is 8.75. The van der Waals surface area contributed by atoms with E-state index in [0.29, 0.717) is 17.2 Å². The number of nitrogens with one attached hydrogen (secondary N) is 1. The lowest BCUT2D eigenvalue weighted by atomic mass is 10.2. The van der Waals surface area contributed by atoms with Gasteiger partial charge in [0.1, 0.15) is 11.6 Å². The maximum atomic E-state index is 13.1. The van der Waals surface area contributed by atoms with Gasteiger partial charge in [0.2, 0.25) is 11.7 Å². The van der Waals surface area contributed by atoms with E-state index in [1.54, 1.807) is 25.1 Å². The van der Waals surface area contributed by atoms with Gasteiger partial charge in [0.25, 0.3) is 5.91 Å². The van der Waals surface area contributed by atoms with Crippen molar-refractivity contribution in [1.82, 2.24) is 19.7 Å². The summed E-state index contributed by atoms with van der Waals surface area (Å²) in [6, 6.07) is 11.2. The molecule has 0 radical (unpaired) electrons. The third kappa shape index (κ3) is 4.86. The molecule has 9 heteroatoms. The fraction of sp³-hybridized carbons (Fsp3) is 0.200. The molecule has 2 amide bonds. The highest BCUT2D eigenvalue weighted by Crippen LogP contribution is 2.20. The lowest BCUT2D eigenvalue weighted by Crippen LogP contribution is -2.35. The normalized spacial score (nSPS) is 10.7. The van der Waals surface area contributed by atoms with E-state index in [2.05, 4.69) is 31.3 Å². The van der Waals surface area contributed by atoms with E-state index < -0.39 is 5.91 Å². The van der Waals surface area contributed by atoms with E-state index in [9.17, 15) is 14.0 Å². The summed E-state index contributed by atoms with van der Waals surface area (Å²) < 4.78 is 15.5.